The fourth-order valence-corrected chi connectivity index (χ4v) is 4.92. The highest BCUT2D eigenvalue weighted by Crippen LogP contribution is 2.33. The zero-order valence-corrected chi connectivity index (χ0v) is 21.7. The molecule has 1 saturated heterocycles. The van der Waals surface area contributed by atoms with E-state index in [1.165, 1.54) is 87.9 Å². The molecule has 4 atom stereocenters. The number of anilines is 1. The number of nitrogens with two attached hydrogens (primary N) is 1. The molecule has 204 valence electrons. The van der Waals surface area contributed by atoms with Gasteiger partial charge in [0, 0.05) is 6.61 Å². The molecule has 0 saturated carbocycles. The Balaban J connectivity index is 1.35. The number of nitrogens with one attached hydrogen (secondary N) is 1. The van der Waals surface area contributed by atoms with Gasteiger partial charge in [0.15, 0.2) is 17.4 Å². The van der Waals surface area contributed by atoms with Gasteiger partial charge in [-0.1, -0.05) is 90.4 Å². The first-order valence-electron chi connectivity index (χ1n) is 13.8. The third-order valence-corrected chi connectivity index (χ3v) is 7.03. The summed E-state index contributed by atoms with van der Waals surface area (Å²) in [6, 6.07) is 0. The third kappa shape index (κ3) is 7.99. The summed E-state index contributed by atoms with van der Waals surface area (Å²) in [5.41, 5.74) is 5.62. The predicted octanol–water partition coefficient (Wildman–Crippen LogP) is 3.82. The maximum absolute atomic E-state index is 12.1. The molecule has 2 aromatic heterocycles. The maximum atomic E-state index is 12.1. The van der Waals surface area contributed by atoms with Crippen LogP contribution in [0.4, 0.5) is 5.95 Å². The second kappa shape index (κ2) is 15.3. The van der Waals surface area contributed by atoms with Gasteiger partial charge in [-0.15, -0.1) is 0 Å². The second-order valence-electron chi connectivity index (χ2n) is 9.95. The van der Waals surface area contributed by atoms with E-state index in [9.17, 15) is 15.0 Å². The molecule has 2 aromatic rings. The van der Waals surface area contributed by atoms with E-state index in [1.54, 1.807) is 0 Å². The van der Waals surface area contributed by atoms with Gasteiger partial charge in [0.05, 0.1) is 12.9 Å². The number of aromatic amines is 1. The van der Waals surface area contributed by atoms with Gasteiger partial charge in [-0.05, 0) is 6.42 Å². The van der Waals surface area contributed by atoms with Gasteiger partial charge >= 0.3 is 0 Å². The van der Waals surface area contributed by atoms with Crippen LogP contribution in [0.3, 0.4) is 0 Å². The number of unbranched alkanes of at least 4 members (excludes halogenated alkanes) is 13. The van der Waals surface area contributed by atoms with Gasteiger partial charge < -0.3 is 25.4 Å². The van der Waals surface area contributed by atoms with Crippen molar-refractivity contribution in [3.8, 4) is 0 Å². The maximum Gasteiger partial charge on any atom is 0.280 e. The van der Waals surface area contributed by atoms with E-state index in [0.29, 0.717) is 6.61 Å². The van der Waals surface area contributed by atoms with E-state index in [4.69, 9.17) is 15.2 Å². The quantitative estimate of drug-likeness (QED) is 0.223. The molecule has 0 radical (unpaired) electrons. The zero-order chi connectivity index (χ0) is 25.8. The minimum atomic E-state index is -1.01. The van der Waals surface area contributed by atoms with E-state index in [1.807, 2.05) is 0 Å². The highest BCUT2D eigenvalue weighted by molar-refractivity contribution is 5.70. The average Bonchev–Trinajstić information content (AvgIpc) is 3.42. The summed E-state index contributed by atoms with van der Waals surface area (Å²) in [5, 5.41) is 20.3. The number of nitrogen functional groups attached to an aromatic ring is 1. The number of aliphatic hydroxyl groups is 2. The van der Waals surface area contributed by atoms with Gasteiger partial charge in [-0.3, -0.25) is 14.3 Å². The molecule has 10 heteroatoms. The number of ether oxygens (including phenoxy) is 2. The van der Waals surface area contributed by atoms with Crippen LogP contribution in [0.1, 0.15) is 103 Å². The first kappa shape index (κ1) is 28.6. The molecule has 1 fully saturated rings. The fraction of sp³-hybridized carbons (Fsp3) is 0.808. The average molecular weight is 508 g/mol. The number of aromatic nitrogens is 4. The van der Waals surface area contributed by atoms with Crippen LogP contribution in [0, 0.1) is 0 Å². The van der Waals surface area contributed by atoms with E-state index >= 15 is 0 Å². The van der Waals surface area contributed by atoms with Crippen LogP contribution in [0.5, 0.6) is 0 Å². The van der Waals surface area contributed by atoms with Crippen LogP contribution < -0.4 is 11.3 Å². The first-order valence-corrected chi connectivity index (χ1v) is 13.8. The molecule has 1 aliphatic heterocycles. The number of imidazole rings is 1. The molecular formula is C26H45N5O5. The molecule has 0 bridgehead atoms. The summed E-state index contributed by atoms with van der Waals surface area (Å²) in [6.45, 7) is 2.38. The van der Waals surface area contributed by atoms with E-state index in [0.717, 1.165) is 12.8 Å². The van der Waals surface area contributed by atoms with Crippen molar-refractivity contribution in [2.45, 2.75) is 121 Å². The summed E-state index contributed by atoms with van der Waals surface area (Å²) >= 11 is 0. The number of rotatable bonds is 18. The van der Waals surface area contributed by atoms with Crippen LogP contribution in [0.25, 0.3) is 11.2 Å². The standard InChI is InChI=1S/C26H45N5O5/c1-2-3-4-5-6-7-8-9-10-11-12-13-14-15-16-35-22-21(33)19(17-32)36-25(22)31-18-28-20-23(31)29-26(27)30-24(20)34/h18-19,21-22,25,32-33H,2-17H2,1H3,(H3,27,29,30,34)/t19-,21+,22+,25-/m1/s1. The Morgan fingerprint density at radius 1 is 1.03 bits per heavy atom. The van der Waals surface area contributed by atoms with Crippen LogP contribution in [0.15, 0.2) is 11.1 Å². The topological polar surface area (TPSA) is 149 Å². The molecule has 0 amide bonds. The molecule has 5 N–H and O–H groups in total. The lowest BCUT2D eigenvalue weighted by Crippen LogP contribution is -2.35. The SMILES string of the molecule is CCCCCCCCCCCCCCCCO[C@H]1[C@@H](O)[C@@H](CO)O[C@H]1n1cnc2c(=O)[nH]c(N)nc21. The number of hydrogen-bond acceptors (Lipinski definition) is 8. The molecule has 0 aromatic carbocycles. The second-order valence-corrected chi connectivity index (χ2v) is 9.95. The molecule has 0 unspecified atom stereocenters. The third-order valence-electron chi connectivity index (χ3n) is 7.03. The van der Waals surface area contributed by atoms with Crippen molar-refractivity contribution in [1.29, 1.82) is 0 Å². The summed E-state index contributed by atoms with van der Waals surface area (Å²) in [7, 11) is 0. The lowest BCUT2D eigenvalue weighted by atomic mass is 10.0. The van der Waals surface area contributed by atoms with Crippen molar-refractivity contribution in [3.05, 3.63) is 16.7 Å². The number of fused-ring (bicyclic) bond motifs is 1. The van der Waals surface area contributed by atoms with Gasteiger partial charge in [0.25, 0.3) is 5.56 Å². The Morgan fingerprint density at radius 2 is 1.61 bits per heavy atom. The van der Waals surface area contributed by atoms with Gasteiger partial charge in [0.1, 0.15) is 18.3 Å². The minimum Gasteiger partial charge on any atom is -0.394 e. The van der Waals surface area contributed by atoms with Gasteiger partial charge in [0.2, 0.25) is 5.95 Å². The van der Waals surface area contributed by atoms with Crippen molar-refractivity contribution in [3.63, 3.8) is 0 Å². The van der Waals surface area contributed by atoms with Crippen LogP contribution in [-0.4, -0.2) is 61.3 Å². The van der Waals surface area contributed by atoms with E-state index in [2.05, 4.69) is 21.9 Å². The van der Waals surface area contributed by atoms with E-state index in [-0.39, 0.29) is 23.7 Å². The van der Waals surface area contributed by atoms with Crippen molar-refractivity contribution in [2.24, 2.45) is 0 Å². The molecule has 0 spiro atoms. The lowest BCUT2D eigenvalue weighted by Gasteiger charge is -2.22. The smallest absolute Gasteiger partial charge is 0.280 e. The van der Waals surface area contributed by atoms with Gasteiger partial charge in [-0.2, -0.15) is 4.98 Å². The first-order chi connectivity index (χ1) is 17.6. The minimum absolute atomic E-state index is 0.0358. The molecule has 3 rings (SSSR count). The summed E-state index contributed by atoms with van der Waals surface area (Å²) in [6.07, 6.45) is 16.0. The number of aliphatic hydroxyl groups excluding tert-OH is 2. The number of nitrogens with zero attached hydrogens (tertiary/aromatic N) is 3. The summed E-state index contributed by atoms with van der Waals surface area (Å²) in [4.78, 5) is 22.8. The van der Waals surface area contributed by atoms with Crippen molar-refractivity contribution in [1.82, 2.24) is 19.5 Å². The number of hydrogen-bond donors (Lipinski definition) is 4. The van der Waals surface area contributed by atoms with Crippen LogP contribution in [-0.2, 0) is 9.47 Å². The Morgan fingerprint density at radius 3 is 2.19 bits per heavy atom. The summed E-state index contributed by atoms with van der Waals surface area (Å²) in [5.74, 6) is -0.0358. The predicted molar refractivity (Wildman–Crippen MR) is 140 cm³/mol. The fourth-order valence-electron chi connectivity index (χ4n) is 4.92. The van der Waals surface area contributed by atoms with Crippen molar-refractivity contribution >= 4 is 17.1 Å². The zero-order valence-electron chi connectivity index (χ0n) is 21.7. The van der Waals surface area contributed by atoms with E-state index < -0.39 is 30.1 Å². The van der Waals surface area contributed by atoms with Crippen LogP contribution >= 0.6 is 0 Å². The normalized spacial score (nSPS) is 22.1. The lowest BCUT2D eigenvalue weighted by molar-refractivity contribution is -0.0711. The molecule has 3 heterocycles. The highest BCUT2D eigenvalue weighted by atomic mass is 16.6. The molecular weight excluding hydrogens is 462 g/mol. The van der Waals surface area contributed by atoms with Gasteiger partial charge in [-0.25, -0.2) is 4.98 Å². The molecule has 1 aliphatic rings. The molecule has 36 heavy (non-hydrogen) atoms. The van der Waals surface area contributed by atoms with Crippen molar-refractivity contribution in [2.75, 3.05) is 18.9 Å². The monoisotopic (exact) mass is 507 g/mol. The number of H-pyrrole nitrogens is 1. The van der Waals surface area contributed by atoms with Crippen LogP contribution in [0.2, 0.25) is 0 Å². The Bertz CT molecular complexity index is 948. The van der Waals surface area contributed by atoms with Crippen molar-refractivity contribution < 1.29 is 19.7 Å². The molecule has 10 nitrogen and oxygen atoms in total. The molecule has 0 aliphatic carbocycles. The largest absolute Gasteiger partial charge is 0.394 e. The highest BCUT2D eigenvalue weighted by Gasteiger charge is 2.45. The Kier molecular flexibility index (Phi) is 12.1. The summed E-state index contributed by atoms with van der Waals surface area (Å²) < 4.78 is 13.4. The Hall–Kier alpha value is -2.01. The Labute approximate surface area is 213 Å².